The Balaban J connectivity index is 1.76. The third kappa shape index (κ3) is 5.86. The minimum atomic E-state index is -4.61. The number of piperazine rings is 1. The van der Waals surface area contributed by atoms with Crippen LogP contribution >= 0.6 is 23.2 Å². The first kappa shape index (κ1) is 32.6. The Morgan fingerprint density at radius 2 is 1.40 bits per heavy atom. The third-order valence-corrected chi connectivity index (χ3v) is 9.29. The number of hydrogen-bond donors (Lipinski definition) is 0. The number of alkyl halides is 3. The monoisotopic (exact) mass is 660 g/mol. The van der Waals surface area contributed by atoms with Crippen molar-refractivity contribution >= 4 is 41.0 Å². The predicted octanol–water partition coefficient (Wildman–Crippen LogP) is 7.59. The molecule has 0 spiro atoms. The van der Waals surface area contributed by atoms with Gasteiger partial charge in [-0.1, -0.05) is 47.5 Å². The summed E-state index contributed by atoms with van der Waals surface area (Å²) in [6.45, 7) is 8.24. The summed E-state index contributed by atoms with van der Waals surface area (Å²) in [4.78, 5) is 36.9. The third-order valence-electron chi connectivity index (χ3n) is 8.79. The largest absolute Gasteiger partial charge is 0.493 e. The van der Waals surface area contributed by atoms with Crippen molar-refractivity contribution in [3.63, 3.8) is 0 Å². The van der Waals surface area contributed by atoms with E-state index in [0.29, 0.717) is 28.7 Å². The lowest BCUT2D eigenvalue weighted by molar-refractivity contribution is -0.137. The van der Waals surface area contributed by atoms with Gasteiger partial charge < -0.3 is 14.5 Å². The summed E-state index contributed by atoms with van der Waals surface area (Å²) in [6, 6.07) is 17.0. The number of amides is 3. The highest BCUT2D eigenvalue weighted by atomic mass is 35.5. The number of urea groups is 1. The van der Waals surface area contributed by atoms with E-state index >= 15 is 0 Å². The first-order valence-corrected chi connectivity index (χ1v) is 15.3. The molecular weight excluding hydrogens is 628 g/mol. The molecule has 2 aliphatic rings. The van der Waals surface area contributed by atoms with Crippen molar-refractivity contribution in [2.24, 2.45) is 4.99 Å². The molecule has 2 heterocycles. The maximum Gasteiger partial charge on any atom is 0.416 e. The van der Waals surface area contributed by atoms with Crippen LogP contribution in [0.25, 0.3) is 0 Å². The Bertz CT molecular complexity index is 1620. The second-order valence-electron chi connectivity index (χ2n) is 11.3. The number of hydrogen-bond acceptors (Lipinski definition) is 4. The Morgan fingerprint density at radius 1 is 0.867 bits per heavy atom. The van der Waals surface area contributed by atoms with Crippen LogP contribution in [0.15, 0.2) is 71.7 Å². The molecule has 2 unspecified atom stereocenters. The van der Waals surface area contributed by atoms with Crippen LogP contribution in [0.4, 0.5) is 18.0 Å². The predicted molar refractivity (Wildman–Crippen MR) is 168 cm³/mol. The van der Waals surface area contributed by atoms with E-state index in [-0.39, 0.29) is 42.8 Å². The average molecular weight is 662 g/mol. The molecule has 12 heteroatoms. The molecule has 3 amide bonds. The molecule has 0 saturated carbocycles. The van der Waals surface area contributed by atoms with Crippen LogP contribution in [-0.4, -0.2) is 65.3 Å². The molecule has 7 nitrogen and oxygen atoms in total. The van der Waals surface area contributed by atoms with Gasteiger partial charge in [-0.05, 0) is 74.4 Å². The van der Waals surface area contributed by atoms with E-state index in [2.05, 4.69) is 0 Å². The van der Waals surface area contributed by atoms with Crippen molar-refractivity contribution in [2.75, 3.05) is 32.8 Å². The molecule has 0 aromatic heterocycles. The van der Waals surface area contributed by atoms with E-state index in [9.17, 15) is 22.8 Å². The smallest absolute Gasteiger partial charge is 0.416 e. The van der Waals surface area contributed by atoms with E-state index in [1.807, 2.05) is 38.1 Å². The summed E-state index contributed by atoms with van der Waals surface area (Å²) in [5, 5.41) is 1.00. The fourth-order valence-electron chi connectivity index (χ4n) is 6.08. The fourth-order valence-corrected chi connectivity index (χ4v) is 6.33. The second kappa shape index (κ2) is 12.2. The molecule has 2 atom stereocenters. The highest BCUT2D eigenvalue weighted by Gasteiger charge is 2.60. The topological polar surface area (TPSA) is 65.5 Å². The van der Waals surface area contributed by atoms with Crippen LogP contribution in [-0.2, 0) is 22.0 Å². The summed E-state index contributed by atoms with van der Waals surface area (Å²) >= 11 is 12.5. The van der Waals surface area contributed by atoms with Gasteiger partial charge in [0.05, 0.1) is 17.7 Å². The number of benzene rings is 3. The first-order valence-electron chi connectivity index (χ1n) is 14.5. The van der Waals surface area contributed by atoms with Crippen LogP contribution in [0, 0.1) is 0 Å². The van der Waals surface area contributed by atoms with Gasteiger partial charge >= 0.3 is 12.2 Å². The van der Waals surface area contributed by atoms with E-state index < -0.39 is 28.8 Å². The number of halogens is 5. The van der Waals surface area contributed by atoms with Crippen molar-refractivity contribution < 1.29 is 27.5 Å². The zero-order valence-corrected chi connectivity index (χ0v) is 26.8. The fraction of sp³-hybridized carbons (Fsp3) is 0.364. The maximum absolute atomic E-state index is 14.8. The molecule has 5 rings (SSSR count). The van der Waals surface area contributed by atoms with Crippen LogP contribution in [0.3, 0.4) is 0 Å². The van der Waals surface area contributed by atoms with Gasteiger partial charge in [0.15, 0.2) is 0 Å². The molecular formula is C33H33Cl2F3N4O3. The van der Waals surface area contributed by atoms with Crippen LogP contribution < -0.4 is 4.74 Å². The lowest BCUT2D eigenvalue weighted by Crippen LogP contribution is -2.61. The molecule has 1 fully saturated rings. The van der Waals surface area contributed by atoms with Crippen molar-refractivity contribution in [3.8, 4) is 5.75 Å². The zero-order valence-electron chi connectivity index (χ0n) is 25.3. The summed E-state index contributed by atoms with van der Waals surface area (Å²) in [7, 11) is 0. The van der Waals surface area contributed by atoms with Crippen molar-refractivity contribution in [1.29, 1.82) is 0 Å². The van der Waals surface area contributed by atoms with Gasteiger partial charge in [-0.25, -0.2) is 4.79 Å². The average Bonchev–Trinajstić information content (AvgIpc) is 3.25. The summed E-state index contributed by atoms with van der Waals surface area (Å²) in [6.07, 6.45) is -4.61. The normalized spacial score (nSPS) is 22.0. The molecule has 0 aliphatic carbocycles. The summed E-state index contributed by atoms with van der Waals surface area (Å²) < 4.78 is 47.2. The van der Waals surface area contributed by atoms with Gasteiger partial charge in [-0.15, -0.1) is 0 Å². The Kier molecular flexibility index (Phi) is 8.85. The maximum atomic E-state index is 14.8. The van der Waals surface area contributed by atoms with Crippen molar-refractivity contribution in [1.82, 2.24) is 14.7 Å². The summed E-state index contributed by atoms with van der Waals surface area (Å²) in [5.74, 6) is 0.0168. The lowest BCUT2D eigenvalue weighted by atomic mass is 9.71. The van der Waals surface area contributed by atoms with Gasteiger partial charge in [-0.3, -0.25) is 14.7 Å². The highest BCUT2D eigenvalue weighted by Crippen LogP contribution is 2.54. The molecule has 1 saturated heterocycles. The molecule has 0 N–H and O–H groups in total. The van der Waals surface area contributed by atoms with Crippen LogP contribution in [0.1, 0.15) is 49.9 Å². The van der Waals surface area contributed by atoms with Crippen LogP contribution in [0.2, 0.25) is 10.0 Å². The standard InChI is InChI=1S/C33H33Cl2F3N4O3/c1-5-45-28-20-24(33(36,37)38)10-15-27(28)29-39-31(3,22-6-11-25(34)12-7-22)32(4,23-8-13-26(35)14-9-23)42(29)30(44)41-18-16-40(17-19-41)21(2)43/h6-15,20H,5,16-19H2,1-4H3. The summed E-state index contributed by atoms with van der Waals surface area (Å²) in [5.41, 5.74) is -1.61. The minimum Gasteiger partial charge on any atom is -0.493 e. The molecule has 45 heavy (non-hydrogen) atoms. The number of carbonyl (C=O) groups is 2. The molecule has 0 radical (unpaired) electrons. The number of aliphatic imine (C=N–C) groups is 1. The number of nitrogens with zero attached hydrogens (tertiary/aromatic N) is 4. The highest BCUT2D eigenvalue weighted by molar-refractivity contribution is 6.30. The minimum absolute atomic E-state index is 0.0518. The van der Waals surface area contributed by atoms with Gasteiger partial charge in [0.25, 0.3) is 0 Å². The quantitative estimate of drug-likeness (QED) is 0.283. The van der Waals surface area contributed by atoms with Gasteiger partial charge in [0, 0.05) is 43.1 Å². The van der Waals surface area contributed by atoms with Crippen LogP contribution in [0.5, 0.6) is 5.75 Å². The van der Waals surface area contributed by atoms with Crippen molar-refractivity contribution in [3.05, 3.63) is 99.0 Å². The Labute approximate surface area is 270 Å². The van der Waals surface area contributed by atoms with Gasteiger partial charge in [0.2, 0.25) is 5.91 Å². The SMILES string of the molecule is CCOc1cc(C(F)(F)F)ccc1C1=NC(C)(c2ccc(Cl)cc2)C(C)(c2ccc(Cl)cc2)N1C(=O)N1CCN(C(C)=O)CC1. The first-order chi connectivity index (χ1) is 21.2. The Hall–Kier alpha value is -3.76. The lowest BCUT2D eigenvalue weighted by Gasteiger charge is -2.47. The zero-order chi connectivity index (χ0) is 32.7. The van der Waals surface area contributed by atoms with Crippen molar-refractivity contribution in [2.45, 2.75) is 44.9 Å². The molecule has 0 bridgehead atoms. The number of carbonyl (C=O) groups excluding carboxylic acids is 2. The van der Waals surface area contributed by atoms with E-state index in [1.54, 1.807) is 45.9 Å². The molecule has 3 aromatic rings. The van der Waals surface area contributed by atoms with Gasteiger partial charge in [0.1, 0.15) is 22.7 Å². The number of rotatable bonds is 5. The number of amidine groups is 1. The molecule has 238 valence electrons. The molecule has 2 aliphatic heterocycles. The Morgan fingerprint density at radius 3 is 1.91 bits per heavy atom. The van der Waals surface area contributed by atoms with E-state index in [0.717, 1.165) is 17.7 Å². The van der Waals surface area contributed by atoms with E-state index in [4.69, 9.17) is 32.9 Å². The molecule has 3 aromatic carbocycles. The van der Waals surface area contributed by atoms with Gasteiger partial charge in [-0.2, -0.15) is 13.2 Å². The number of ether oxygens (including phenoxy) is 1. The second-order valence-corrected chi connectivity index (χ2v) is 12.2. The van der Waals surface area contributed by atoms with E-state index in [1.165, 1.54) is 13.0 Å².